The molecule has 0 fully saturated rings. The number of ether oxygens (including phenoxy) is 1. The molecule has 104 valence electrons. The van der Waals surface area contributed by atoms with Crippen LogP contribution < -0.4 is 10.1 Å². The van der Waals surface area contributed by atoms with E-state index in [-0.39, 0.29) is 6.61 Å². The maximum absolute atomic E-state index is 9.87. The molecule has 1 aromatic carbocycles. The molecule has 2 unspecified atom stereocenters. The fraction of sp³-hybridized carbons (Fsp3) is 0.467. The second-order valence-corrected chi connectivity index (χ2v) is 5.25. The van der Waals surface area contributed by atoms with E-state index in [1.165, 1.54) is 0 Å². The van der Waals surface area contributed by atoms with E-state index >= 15 is 0 Å². The van der Waals surface area contributed by atoms with E-state index in [1.807, 2.05) is 12.1 Å². The van der Waals surface area contributed by atoms with Gasteiger partial charge in [0.15, 0.2) is 0 Å². The number of hydrogen-bond donors (Lipinski definition) is 2. The highest BCUT2D eigenvalue weighted by atomic mass is 35.5. The SMILES string of the molecule is OC(CNC1CC=CCC1)COc1cccc(Cl)c1. The standard InChI is InChI=1S/C15H20ClNO2/c16-12-5-4-8-15(9-12)19-11-14(18)10-17-13-6-2-1-3-7-13/h1-2,4-5,8-9,13-14,17-18H,3,6-7,10-11H2. The summed E-state index contributed by atoms with van der Waals surface area (Å²) in [5.41, 5.74) is 0. The van der Waals surface area contributed by atoms with Gasteiger partial charge in [-0.2, -0.15) is 0 Å². The zero-order valence-electron chi connectivity index (χ0n) is 10.9. The van der Waals surface area contributed by atoms with Crippen molar-refractivity contribution >= 4 is 11.6 Å². The predicted octanol–water partition coefficient (Wildman–Crippen LogP) is 2.78. The Morgan fingerprint density at radius 3 is 3.05 bits per heavy atom. The molecule has 19 heavy (non-hydrogen) atoms. The van der Waals surface area contributed by atoms with Gasteiger partial charge in [-0.05, 0) is 37.5 Å². The molecule has 0 saturated heterocycles. The Bertz CT molecular complexity index is 422. The number of aliphatic hydroxyl groups is 1. The third-order valence-corrected chi connectivity index (χ3v) is 3.38. The molecule has 1 aliphatic rings. The first-order valence-electron chi connectivity index (χ1n) is 6.69. The maximum Gasteiger partial charge on any atom is 0.120 e. The highest BCUT2D eigenvalue weighted by molar-refractivity contribution is 6.30. The van der Waals surface area contributed by atoms with Gasteiger partial charge in [-0.25, -0.2) is 0 Å². The van der Waals surface area contributed by atoms with Gasteiger partial charge in [0.05, 0.1) is 0 Å². The average Bonchev–Trinajstić information content (AvgIpc) is 2.44. The van der Waals surface area contributed by atoms with Crippen molar-refractivity contribution in [3.8, 4) is 5.75 Å². The Hall–Kier alpha value is -1.03. The van der Waals surface area contributed by atoms with Crippen LogP contribution in [-0.2, 0) is 0 Å². The van der Waals surface area contributed by atoms with Crippen LogP contribution in [0.4, 0.5) is 0 Å². The Kier molecular flexibility index (Phi) is 5.70. The summed E-state index contributed by atoms with van der Waals surface area (Å²) in [6, 6.07) is 7.68. The molecule has 2 rings (SSSR count). The first kappa shape index (κ1) is 14.4. The van der Waals surface area contributed by atoms with Crippen molar-refractivity contribution in [3.05, 3.63) is 41.4 Å². The number of aliphatic hydroxyl groups excluding tert-OH is 1. The Balaban J connectivity index is 1.66. The molecule has 2 N–H and O–H groups in total. The van der Waals surface area contributed by atoms with E-state index in [2.05, 4.69) is 17.5 Å². The van der Waals surface area contributed by atoms with Crippen LogP contribution in [0.15, 0.2) is 36.4 Å². The number of nitrogens with one attached hydrogen (secondary N) is 1. The molecule has 0 saturated carbocycles. The topological polar surface area (TPSA) is 41.5 Å². The molecule has 0 radical (unpaired) electrons. The molecule has 3 nitrogen and oxygen atoms in total. The maximum atomic E-state index is 9.87. The van der Waals surface area contributed by atoms with Crippen LogP contribution in [0.2, 0.25) is 5.02 Å². The lowest BCUT2D eigenvalue weighted by Gasteiger charge is -2.21. The van der Waals surface area contributed by atoms with Gasteiger partial charge in [0.1, 0.15) is 18.5 Å². The third-order valence-electron chi connectivity index (χ3n) is 3.15. The van der Waals surface area contributed by atoms with Crippen molar-refractivity contribution in [1.82, 2.24) is 5.32 Å². The first-order chi connectivity index (χ1) is 9.24. The van der Waals surface area contributed by atoms with Crippen molar-refractivity contribution in [2.24, 2.45) is 0 Å². The predicted molar refractivity (Wildman–Crippen MR) is 77.7 cm³/mol. The number of allylic oxidation sites excluding steroid dienone is 1. The summed E-state index contributed by atoms with van der Waals surface area (Å²) < 4.78 is 5.50. The van der Waals surface area contributed by atoms with E-state index in [4.69, 9.17) is 16.3 Å². The van der Waals surface area contributed by atoms with E-state index in [9.17, 15) is 5.11 Å². The van der Waals surface area contributed by atoms with E-state index in [1.54, 1.807) is 12.1 Å². The summed E-state index contributed by atoms with van der Waals surface area (Å²) in [5, 5.41) is 13.9. The van der Waals surface area contributed by atoms with Crippen LogP contribution in [-0.4, -0.2) is 30.4 Å². The summed E-state index contributed by atoms with van der Waals surface area (Å²) in [6.07, 6.45) is 7.18. The summed E-state index contributed by atoms with van der Waals surface area (Å²) in [5.74, 6) is 0.687. The van der Waals surface area contributed by atoms with Crippen LogP contribution in [0, 0.1) is 0 Å². The van der Waals surface area contributed by atoms with Crippen molar-refractivity contribution in [2.45, 2.75) is 31.4 Å². The number of halogens is 1. The summed E-state index contributed by atoms with van der Waals surface area (Å²) in [6.45, 7) is 0.828. The molecule has 0 spiro atoms. The van der Waals surface area contributed by atoms with Crippen molar-refractivity contribution in [3.63, 3.8) is 0 Å². The Morgan fingerprint density at radius 1 is 1.42 bits per heavy atom. The molecule has 0 bridgehead atoms. The molecule has 0 aromatic heterocycles. The highest BCUT2D eigenvalue weighted by Gasteiger charge is 2.12. The minimum absolute atomic E-state index is 0.274. The second-order valence-electron chi connectivity index (χ2n) is 4.81. The van der Waals surface area contributed by atoms with Crippen molar-refractivity contribution in [2.75, 3.05) is 13.2 Å². The normalized spacial score (nSPS) is 20.2. The summed E-state index contributed by atoms with van der Waals surface area (Å²) in [7, 11) is 0. The molecule has 1 aromatic rings. The van der Waals surface area contributed by atoms with E-state index < -0.39 is 6.10 Å². The molecule has 0 aliphatic heterocycles. The average molecular weight is 282 g/mol. The summed E-state index contributed by atoms with van der Waals surface area (Å²) >= 11 is 5.86. The van der Waals surface area contributed by atoms with E-state index in [0.717, 1.165) is 19.3 Å². The molecular formula is C15H20ClNO2. The molecule has 2 atom stereocenters. The van der Waals surface area contributed by atoms with Gasteiger partial charge in [0, 0.05) is 17.6 Å². The van der Waals surface area contributed by atoms with Gasteiger partial charge in [-0.1, -0.05) is 29.8 Å². The van der Waals surface area contributed by atoms with Crippen molar-refractivity contribution < 1.29 is 9.84 Å². The van der Waals surface area contributed by atoms with Gasteiger partial charge in [0.2, 0.25) is 0 Å². The lowest BCUT2D eigenvalue weighted by atomic mass is 10.0. The van der Waals surface area contributed by atoms with Crippen LogP contribution in [0.1, 0.15) is 19.3 Å². The molecule has 4 heteroatoms. The minimum atomic E-state index is -0.509. The second kappa shape index (κ2) is 7.53. The number of hydrogen-bond acceptors (Lipinski definition) is 3. The van der Waals surface area contributed by atoms with Crippen LogP contribution in [0.5, 0.6) is 5.75 Å². The van der Waals surface area contributed by atoms with Crippen LogP contribution in [0.25, 0.3) is 0 Å². The van der Waals surface area contributed by atoms with Gasteiger partial charge < -0.3 is 15.2 Å². The molecular weight excluding hydrogens is 262 g/mol. The highest BCUT2D eigenvalue weighted by Crippen LogP contribution is 2.17. The zero-order chi connectivity index (χ0) is 13.5. The fourth-order valence-corrected chi connectivity index (χ4v) is 2.27. The minimum Gasteiger partial charge on any atom is -0.491 e. The van der Waals surface area contributed by atoms with Crippen LogP contribution >= 0.6 is 11.6 Å². The molecule has 0 heterocycles. The largest absolute Gasteiger partial charge is 0.491 e. The Morgan fingerprint density at radius 2 is 2.32 bits per heavy atom. The van der Waals surface area contributed by atoms with E-state index in [0.29, 0.717) is 23.4 Å². The van der Waals surface area contributed by atoms with Crippen LogP contribution in [0.3, 0.4) is 0 Å². The van der Waals surface area contributed by atoms with Gasteiger partial charge in [-0.15, -0.1) is 0 Å². The lowest BCUT2D eigenvalue weighted by Crippen LogP contribution is -2.38. The van der Waals surface area contributed by atoms with Gasteiger partial charge in [0.25, 0.3) is 0 Å². The Labute approximate surface area is 119 Å². The van der Waals surface area contributed by atoms with Gasteiger partial charge >= 0.3 is 0 Å². The smallest absolute Gasteiger partial charge is 0.120 e. The third kappa shape index (κ3) is 5.23. The number of rotatable bonds is 6. The quantitative estimate of drug-likeness (QED) is 0.788. The molecule has 1 aliphatic carbocycles. The fourth-order valence-electron chi connectivity index (χ4n) is 2.09. The molecule has 0 amide bonds. The zero-order valence-corrected chi connectivity index (χ0v) is 11.6. The van der Waals surface area contributed by atoms with Crippen molar-refractivity contribution in [1.29, 1.82) is 0 Å². The lowest BCUT2D eigenvalue weighted by molar-refractivity contribution is 0.103. The van der Waals surface area contributed by atoms with Gasteiger partial charge in [-0.3, -0.25) is 0 Å². The monoisotopic (exact) mass is 281 g/mol. The summed E-state index contributed by atoms with van der Waals surface area (Å²) in [4.78, 5) is 0. The number of benzene rings is 1. The first-order valence-corrected chi connectivity index (χ1v) is 7.06.